The molecule has 0 amide bonds. The van der Waals surface area contributed by atoms with Gasteiger partial charge in [0, 0.05) is 26.1 Å². The van der Waals surface area contributed by atoms with Crippen LogP contribution in [0.2, 0.25) is 0 Å². The fraction of sp³-hybridized carbons (Fsp3) is 0.909. The average molecular weight is 308 g/mol. The zero-order chi connectivity index (χ0) is 14.8. The van der Waals surface area contributed by atoms with E-state index in [2.05, 4.69) is 4.72 Å². The molecule has 2 aliphatic rings. The van der Waals surface area contributed by atoms with E-state index in [1.807, 2.05) is 0 Å². The van der Waals surface area contributed by atoms with Crippen molar-refractivity contribution in [3.8, 4) is 0 Å². The van der Waals surface area contributed by atoms with Crippen LogP contribution >= 0.6 is 0 Å². The number of hydrogen-bond acceptors (Lipinski definition) is 5. The van der Waals surface area contributed by atoms with Gasteiger partial charge in [-0.3, -0.25) is 4.79 Å². The van der Waals surface area contributed by atoms with Gasteiger partial charge in [0.15, 0.2) is 0 Å². The molecule has 0 bridgehead atoms. The van der Waals surface area contributed by atoms with Crippen LogP contribution in [0.1, 0.15) is 25.7 Å². The lowest BCUT2D eigenvalue weighted by Crippen LogP contribution is -2.54. The predicted molar refractivity (Wildman–Crippen MR) is 69.3 cm³/mol. The number of ether oxygens (including phenoxy) is 1. The van der Waals surface area contributed by atoms with Crippen LogP contribution in [0.5, 0.6) is 0 Å². The Bertz CT molecular complexity index is 460. The molecule has 3 N–H and O–H groups in total. The number of rotatable bonds is 5. The molecule has 116 valence electrons. The minimum absolute atomic E-state index is 0.0812. The number of carbonyl (C=O) groups is 1. The largest absolute Gasteiger partial charge is 0.480 e. The first kappa shape index (κ1) is 15.6. The van der Waals surface area contributed by atoms with Crippen molar-refractivity contribution in [3.63, 3.8) is 0 Å². The SMILES string of the molecule is O=C(O)C1CCCCN1S(=O)(=O)NCC1(O)CCOC1. The highest BCUT2D eigenvalue weighted by molar-refractivity contribution is 7.87. The van der Waals surface area contributed by atoms with E-state index in [1.54, 1.807) is 0 Å². The molecule has 8 nitrogen and oxygen atoms in total. The molecule has 0 aliphatic carbocycles. The number of nitrogens with zero attached hydrogens (tertiary/aromatic N) is 1. The normalized spacial score (nSPS) is 32.4. The molecule has 0 aromatic rings. The predicted octanol–water partition coefficient (Wildman–Crippen LogP) is -1.09. The highest BCUT2D eigenvalue weighted by Gasteiger charge is 2.39. The molecule has 9 heteroatoms. The van der Waals surface area contributed by atoms with Crippen molar-refractivity contribution < 1.29 is 28.2 Å². The highest BCUT2D eigenvalue weighted by atomic mass is 32.2. The number of carboxylic acid groups (broad SMARTS) is 1. The molecule has 2 rings (SSSR count). The van der Waals surface area contributed by atoms with Gasteiger partial charge in [0.05, 0.1) is 6.61 Å². The number of carboxylic acids is 1. The molecule has 2 unspecified atom stereocenters. The van der Waals surface area contributed by atoms with E-state index in [1.165, 1.54) is 0 Å². The molecule has 0 saturated carbocycles. The van der Waals surface area contributed by atoms with Gasteiger partial charge in [0.1, 0.15) is 11.6 Å². The van der Waals surface area contributed by atoms with E-state index in [9.17, 15) is 18.3 Å². The van der Waals surface area contributed by atoms with Crippen LogP contribution in [0.15, 0.2) is 0 Å². The Labute approximate surface area is 117 Å². The zero-order valence-electron chi connectivity index (χ0n) is 11.1. The standard InChI is InChI=1S/C11H20N2O6S/c14-10(15)9-3-1-2-5-13(9)20(17,18)12-7-11(16)4-6-19-8-11/h9,12,16H,1-8H2,(H,14,15). The molecule has 0 aromatic carbocycles. The van der Waals surface area contributed by atoms with Crippen LogP contribution in [0, 0.1) is 0 Å². The van der Waals surface area contributed by atoms with Crippen LogP contribution in [-0.4, -0.2) is 66.9 Å². The number of hydrogen-bond donors (Lipinski definition) is 3. The van der Waals surface area contributed by atoms with Crippen molar-refractivity contribution in [1.82, 2.24) is 9.03 Å². The fourth-order valence-electron chi connectivity index (χ4n) is 2.48. The molecule has 2 fully saturated rings. The maximum Gasteiger partial charge on any atom is 0.322 e. The second-order valence-electron chi connectivity index (χ2n) is 5.31. The fourth-order valence-corrected chi connectivity index (χ4v) is 4.00. The van der Waals surface area contributed by atoms with Gasteiger partial charge in [0.2, 0.25) is 0 Å². The van der Waals surface area contributed by atoms with Gasteiger partial charge >= 0.3 is 5.97 Å². The van der Waals surface area contributed by atoms with Crippen LogP contribution in [-0.2, 0) is 19.7 Å². The number of aliphatic carboxylic acids is 1. The molecule has 2 saturated heterocycles. The quantitative estimate of drug-likeness (QED) is 0.594. The van der Waals surface area contributed by atoms with Crippen molar-refractivity contribution in [2.24, 2.45) is 0 Å². The molecule has 0 aromatic heterocycles. The van der Waals surface area contributed by atoms with Crippen molar-refractivity contribution in [1.29, 1.82) is 0 Å². The van der Waals surface area contributed by atoms with E-state index in [4.69, 9.17) is 9.84 Å². The molecule has 2 aliphatic heterocycles. The van der Waals surface area contributed by atoms with Crippen LogP contribution in [0.4, 0.5) is 0 Å². The summed E-state index contributed by atoms with van der Waals surface area (Å²) in [5, 5.41) is 19.1. The average Bonchev–Trinajstić information content (AvgIpc) is 2.84. The first-order valence-corrected chi connectivity index (χ1v) is 8.07. The van der Waals surface area contributed by atoms with Gasteiger partial charge in [-0.25, -0.2) is 0 Å². The molecule has 0 spiro atoms. The minimum atomic E-state index is -3.92. The Kier molecular flexibility index (Phi) is 4.65. The summed E-state index contributed by atoms with van der Waals surface area (Å²) in [6.45, 7) is 0.483. The number of nitrogens with one attached hydrogen (secondary N) is 1. The molecule has 0 radical (unpaired) electrons. The van der Waals surface area contributed by atoms with Crippen LogP contribution in [0.25, 0.3) is 0 Å². The van der Waals surface area contributed by atoms with E-state index >= 15 is 0 Å². The second-order valence-corrected chi connectivity index (χ2v) is 7.02. The Hall–Kier alpha value is -0.740. The summed E-state index contributed by atoms with van der Waals surface area (Å²) in [4.78, 5) is 11.1. The maximum absolute atomic E-state index is 12.2. The van der Waals surface area contributed by atoms with E-state index in [-0.39, 0.29) is 19.7 Å². The van der Waals surface area contributed by atoms with Crippen molar-refractivity contribution >= 4 is 16.2 Å². The van der Waals surface area contributed by atoms with Gasteiger partial charge in [-0.2, -0.15) is 17.4 Å². The lowest BCUT2D eigenvalue weighted by Gasteiger charge is -2.32. The Morgan fingerprint density at radius 3 is 2.80 bits per heavy atom. The molecule has 2 atom stereocenters. The third-order valence-corrected chi connectivity index (χ3v) is 5.28. The summed E-state index contributed by atoms with van der Waals surface area (Å²) in [6, 6.07) is -1.03. The summed E-state index contributed by atoms with van der Waals surface area (Å²) in [7, 11) is -3.92. The molecular formula is C11H20N2O6S. The molecule has 20 heavy (non-hydrogen) atoms. The van der Waals surface area contributed by atoms with Gasteiger partial charge in [-0.1, -0.05) is 0 Å². The van der Waals surface area contributed by atoms with E-state index in [0.717, 1.165) is 4.31 Å². The first-order chi connectivity index (χ1) is 9.34. The summed E-state index contributed by atoms with van der Waals surface area (Å²) in [6.07, 6.45) is 2.00. The zero-order valence-corrected chi connectivity index (χ0v) is 11.9. The summed E-state index contributed by atoms with van der Waals surface area (Å²) in [5.41, 5.74) is -1.21. The maximum atomic E-state index is 12.2. The van der Waals surface area contributed by atoms with Crippen molar-refractivity contribution in [2.45, 2.75) is 37.3 Å². The van der Waals surface area contributed by atoms with Crippen LogP contribution in [0.3, 0.4) is 0 Å². The third-order valence-electron chi connectivity index (χ3n) is 3.71. The van der Waals surface area contributed by atoms with Crippen molar-refractivity contribution in [2.75, 3.05) is 26.3 Å². The lowest BCUT2D eigenvalue weighted by atomic mass is 10.1. The first-order valence-electron chi connectivity index (χ1n) is 6.63. The molecular weight excluding hydrogens is 288 g/mol. The summed E-state index contributed by atoms with van der Waals surface area (Å²) >= 11 is 0. The number of aliphatic hydroxyl groups is 1. The smallest absolute Gasteiger partial charge is 0.322 e. The van der Waals surface area contributed by atoms with Crippen molar-refractivity contribution in [3.05, 3.63) is 0 Å². The van der Waals surface area contributed by atoms with Gasteiger partial charge in [-0.15, -0.1) is 0 Å². The molecule has 2 heterocycles. The van der Waals surface area contributed by atoms with Gasteiger partial charge < -0.3 is 14.9 Å². The van der Waals surface area contributed by atoms with E-state index < -0.39 is 27.8 Å². The summed E-state index contributed by atoms with van der Waals surface area (Å²) < 4.78 is 32.7. The second kappa shape index (κ2) is 5.94. The van der Waals surface area contributed by atoms with Gasteiger partial charge in [0.25, 0.3) is 10.2 Å². The highest BCUT2D eigenvalue weighted by Crippen LogP contribution is 2.21. The van der Waals surface area contributed by atoms with E-state index in [0.29, 0.717) is 32.3 Å². The number of piperidine rings is 1. The Balaban J connectivity index is 2.02. The lowest BCUT2D eigenvalue weighted by molar-refractivity contribution is -0.142. The van der Waals surface area contributed by atoms with Crippen LogP contribution < -0.4 is 4.72 Å². The minimum Gasteiger partial charge on any atom is -0.480 e. The topological polar surface area (TPSA) is 116 Å². The third kappa shape index (κ3) is 3.47. The summed E-state index contributed by atoms with van der Waals surface area (Å²) in [5.74, 6) is -1.14. The Morgan fingerprint density at radius 2 is 2.20 bits per heavy atom. The monoisotopic (exact) mass is 308 g/mol. The Morgan fingerprint density at radius 1 is 1.45 bits per heavy atom. The van der Waals surface area contributed by atoms with Gasteiger partial charge in [-0.05, 0) is 19.3 Å².